The van der Waals surface area contributed by atoms with E-state index in [-0.39, 0.29) is 17.5 Å². The Morgan fingerprint density at radius 1 is 1.04 bits per heavy atom. The Kier molecular flexibility index (Phi) is 8.92. The lowest BCUT2D eigenvalue weighted by Crippen LogP contribution is -2.38. The van der Waals surface area contributed by atoms with Crippen LogP contribution in [0.5, 0.6) is 0 Å². The number of nitrogens with zero attached hydrogens (tertiary/aromatic N) is 3. The molecular weight excluding hydrogens is 322 g/mol. The third-order valence-corrected chi connectivity index (χ3v) is 3.94. The molecule has 0 fully saturated rings. The van der Waals surface area contributed by atoms with Crippen LogP contribution in [-0.4, -0.2) is 34.8 Å². The minimum absolute atomic E-state index is 0.0168. The van der Waals surface area contributed by atoms with Gasteiger partial charge < -0.3 is 9.80 Å². The number of carbonyl (C=O) groups excluding carboxylic acids is 1. The molecule has 26 heavy (non-hydrogen) atoms. The number of benzene rings is 1. The summed E-state index contributed by atoms with van der Waals surface area (Å²) in [5.74, 6) is 0.722. The van der Waals surface area contributed by atoms with Crippen molar-refractivity contribution in [2.75, 3.05) is 13.1 Å². The lowest BCUT2D eigenvalue weighted by Gasteiger charge is -2.28. The van der Waals surface area contributed by atoms with Crippen LogP contribution in [0.25, 0.3) is 0 Å². The maximum Gasteiger partial charge on any atom is 0.266 e. The van der Waals surface area contributed by atoms with E-state index in [1.807, 2.05) is 44.2 Å². The summed E-state index contributed by atoms with van der Waals surface area (Å²) in [7, 11) is 0. The van der Waals surface area contributed by atoms with Gasteiger partial charge in [0.05, 0.1) is 0 Å². The fourth-order valence-corrected chi connectivity index (χ4v) is 2.86. The summed E-state index contributed by atoms with van der Waals surface area (Å²) in [6, 6.07) is 12.0. The molecule has 1 aromatic carbocycles. The van der Waals surface area contributed by atoms with Crippen molar-refractivity contribution in [1.29, 1.82) is 5.26 Å². The highest BCUT2D eigenvalue weighted by Gasteiger charge is 2.22. The highest BCUT2D eigenvalue weighted by atomic mass is 16.2. The second-order valence-corrected chi connectivity index (χ2v) is 7.91. The number of nitriles is 1. The highest BCUT2D eigenvalue weighted by molar-refractivity contribution is 5.97. The molecule has 1 rings (SSSR count). The van der Waals surface area contributed by atoms with E-state index in [4.69, 9.17) is 0 Å². The van der Waals surface area contributed by atoms with Crippen LogP contribution in [0.15, 0.2) is 42.1 Å². The topological polar surface area (TPSA) is 47.3 Å². The zero-order valence-corrected chi connectivity index (χ0v) is 17.1. The summed E-state index contributed by atoms with van der Waals surface area (Å²) in [6.45, 7) is 14.7. The zero-order valence-electron chi connectivity index (χ0n) is 17.1. The first kappa shape index (κ1) is 21.8. The fraction of sp³-hybridized carbons (Fsp3) is 0.545. The number of hydrogen-bond acceptors (Lipinski definition) is 3. The minimum atomic E-state index is -0.205. The lowest BCUT2D eigenvalue weighted by molar-refractivity contribution is -0.129. The zero-order chi connectivity index (χ0) is 19.7. The summed E-state index contributed by atoms with van der Waals surface area (Å²) < 4.78 is 0. The second-order valence-electron chi connectivity index (χ2n) is 7.91. The molecule has 0 saturated carbocycles. The summed E-state index contributed by atoms with van der Waals surface area (Å²) in [4.78, 5) is 16.9. The van der Waals surface area contributed by atoms with E-state index >= 15 is 0 Å². The normalized spacial score (nSPS) is 11.8. The van der Waals surface area contributed by atoms with Gasteiger partial charge in [-0.15, -0.1) is 0 Å². The Morgan fingerprint density at radius 3 is 2.00 bits per heavy atom. The van der Waals surface area contributed by atoms with Crippen LogP contribution in [0.2, 0.25) is 0 Å². The lowest BCUT2D eigenvalue weighted by atomic mass is 10.1. The summed E-state index contributed by atoms with van der Waals surface area (Å²) in [5, 5.41) is 9.62. The van der Waals surface area contributed by atoms with Gasteiger partial charge in [-0.3, -0.25) is 4.79 Å². The second kappa shape index (κ2) is 10.7. The standard InChI is InChI=1S/C22H33N3O/c1-17(2)13-24(14-18(3)4)16-21(12-23)22(26)25(19(5)6)15-20-10-8-7-9-11-20/h7-11,16-19H,13-15H2,1-6H3/b21-16-. The maximum atomic E-state index is 13.0. The smallest absolute Gasteiger partial charge is 0.266 e. The Balaban J connectivity index is 3.06. The summed E-state index contributed by atoms with van der Waals surface area (Å²) in [5.41, 5.74) is 1.27. The highest BCUT2D eigenvalue weighted by Crippen LogP contribution is 2.14. The number of hydrogen-bond donors (Lipinski definition) is 0. The molecule has 0 bridgehead atoms. The Bertz CT molecular complexity index is 617. The van der Waals surface area contributed by atoms with E-state index in [9.17, 15) is 10.1 Å². The molecule has 0 unspecified atom stereocenters. The van der Waals surface area contributed by atoms with E-state index in [0.29, 0.717) is 18.4 Å². The molecule has 0 aliphatic carbocycles. The minimum Gasteiger partial charge on any atom is -0.376 e. The van der Waals surface area contributed by atoms with E-state index in [2.05, 4.69) is 38.7 Å². The van der Waals surface area contributed by atoms with Gasteiger partial charge in [0.2, 0.25) is 0 Å². The molecule has 0 saturated heterocycles. The molecule has 142 valence electrons. The monoisotopic (exact) mass is 355 g/mol. The van der Waals surface area contributed by atoms with Crippen LogP contribution in [0.4, 0.5) is 0 Å². The average Bonchev–Trinajstić information content (AvgIpc) is 2.56. The van der Waals surface area contributed by atoms with E-state index in [0.717, 1.165) is 18.7 Å². The molecule has 0 aliphatic rings. The van der Waals surface area contributed by atoms with Crippen LogP contribution in [0, 0.1) is 23.2 Å². The van der Waals surface area contributed by atoms with Crippen molar-refractivity contribution in [3.8, 4) is 6.07 Å². The Hall–Kier alpha value is -2.28. The van der Waals surface area contributed by atoms with Gasteiger partial charge in [-0.1, -0.05) is 58.0 Å². The van der Waals surface area contributed by atoms with Crippen LogP contribution in [0.1, 0.15) is 47.1 Å². The van der Waals surface area contributed by atoms with Gasteiger partial charge in [-0.05, 0) is 31.2 Å². The molecule has 0 atom stereocenters. The van der Waals surface area contributed by atoms with Gasteiger partial charge in [-0.25, -0.2) is 0 Å². The molecule has 0 spiro atoms. The number of rotatable bonds is 9. The third-order valence-electron chi connectivity index (χ3n) is 3.94. The van der Waals surface area contributed by atoms with Crippen LogP contribution in [0.3, 0.4) is 0 Å². The SMILES string of the molecule is CC(C)CN(/C=C(/C#N)C(=O)N(Cc1ccccc1)C(C)C)CC(C)C. The Labute approximate surface area is 159 Å². The number of carbonyl (C=O) groups is 1. The van der Waals surface area contributed by atoms with Gasteiger partial charge >= 0.3 is 0 Å². The van der Waals surface area contributed by atoms with Gasteiger partial charge in [0.1, 0.15) is 11.6 Å². The van der Waals surface area contributed by atoms with Crippen molar-refractivity contribution < 1.29 is 4.79 Å². The maximum absolute atomic E-state index is 13.0. The van der Waals surface area contributed by atoms with Crippen molar-refractivity contribution in [2.24, 2.45) is 11.8 Å². The quantitative estimate of drug-likeness (QED) is 0.486. The van der Waals surface area contributed by atoms with Crippen molar-refractivity contribution in [2.45, 2.75) is 54.1 Å². The first-order valence-corrected chi connectivity index (χ1v) is 9.45. The number of amides is 1. The Morgan fingerprint density at radius 2 is 1.58 bits per heavy atom. The third kappa shape index (κ3) is 7.31. The molecule has 0 aliphatic heterocycles. The first-order chi connectivity index (χ1) is 12.2. The molecule has 0 heterocycles. The summed E-state index contributed by atoms with van der Waals surface area (Å²) in [6.07, 6.45) is 1.75. The predicted octanol–water partition coefficient (Wildman–Crippen LogP) is 4.45. The molecular formula is C22H33N3O. The molecule has 1 aromatic rings. The van der Waals surface area contributed by atoms with Gasteiger partial charge in [0.25, 0.3) is 5.91 Å². The largest absolute Gasteiger partial charge is 0.376 e. The summed E-state index contributed by atoms with van der Waals surface area (Å²) >= 11 is 0. The van der Waals surface area contributed by atoms with Gasteiger partial charge in [-0.2, -0.15) is 5.26 Å². The van der Waals surface area contributed by atoms with Crippen molar-refractivity contribution >= 4 is 5.91 Å². The van der Waals surface area contributed by atoms with Crippen LogP contribution in [-0.2, 0) is 11.3 Å². The van der Waals surface area contributed by atoms with E-state index < -0.39 is 0 Å². The first-order valence-electron chi connectivity index (χ1n) is 9.45. The van der Waals surface area contributed by atoms with E-state index in [1.165, 1.54) is 0 Å². The van der Waals surface area contributed by atoms with Crippen molar-refractivity contribution in [1.82, 2.24) is 9.80 Å². The van der Waals surface area contributed by atoms with Crippen LogP contribution < -0.4 is 0 Å². The molecule has 4 heteroatoms. The fourth-order valence-electron chi connectivity index (χ4n) is 2.86. The molecule has 0 radical (unpaired) electrons. The van der Waals surface area contributed by atoms with Gasteiger partial charge in [0.15, 0.2) is 0 Å². The molecule has 0 N–H and O–H groups in total. The van der Waals surface area contributed by atoms with Crippen LogP contribution >= 0.6 is 0 Å². The van der Waals surface area contributed by atoms with Crippen molar-refractivity contribution in [3.63, 3.8) is 0 Å². The average molecular weight is 356 g/mol. The molecule has 4 nitrogen and oxygen atoms in total. The van der Waals surface area contributed by atoms with Gasteiger partial charge in [0, 0.05) is 31.9 Å². The molecule has 0 aromatic heterocycles. The van der Waals surface area contributed by atoms with Crippen molar-refractivity contribution in [3.05, 3.63) is 47.7 Å². The van der Waals surface area contributed by atoms with E-state index in [1.54, 1.807) is 11.1 Å². The molecule has 1 amide bonds. The predicted molar refractivity (Wildman–Crippen MR) is 107 cm³/mol.